The largest absolute Gasteiger partial charge is 0.299 e. The van der Waals surface area contributed by atoms with Crippen molar-refractivity contribution in [3.8, 4) is 0 Å². The summed E-state index contributed by atoms with van der Waals surface area (Å²) in [6.07, 6.45) is 7.96. The molecule has 1 aliphatic rings. The fourth-order valence-electron chi connectivity index (χ4n) is 2.74. The molecule has 0 aliphatic heterocycles. The summed E-state index contributed by atoms with van der Waals surface area (Å²) in [5.41, 5.74) is 0.428. The summed E-state index contributed by atoms with van der Waals surface area (Å²) < 4.78 is 0. The molecule has 0 aromatic carbocycles. The first kappa shape index (κ1) is 13.7. The second kappa shape index (κ2) is 5.84. The van der Waals surface area contributed by atoms with E-state index >= 15 is 0 Å². The monoisotopic (exact) mass is 224 g/mol. The van der Waals surface area contributed by atoms with Crippen LogP contribution in [0.2, 0.25) is 0 Å². The van der Waals surface area contributed by atoms with Gasteiger partial charge in [0.2, 0.25) is 0 Å². The zero-order valence-electron chi connectivity index (χ0n) is 11.5. The van der Waals surface area contributed by atoms with Gasteiger partial charge >= 0.3 is 0 Å². The molecule has 2 unspecified atom stereocenters. The molecule has 1 rings (SSSR count). The van der Waals surface area contributed by atoms with Crippen LogP contribution < -0.4 is 0 Å². The predicted molar refractivity (Wildman–Crippen MR) is 69.4 cm³/mol. The maximum Gasteiger partial charge on any atom is 0.135 e. The lowest BCUT2D eigenvalue weighted by Gasteiger charge is -2.34. The van der Waals surface area contributed by atoms with Crippen molar-refractivity contribution in [2.45, 2.75) is 72.6 Å². The van der Waals surface area contributed by atoms with Crippen LogP contribution in [0, 0.1) is 17.3 Å². The van der Waals surface area contributed by atoms with Gasteiger partial charge in [0.1, 0.15) is 5.78 Å². The Kier molecular flexibility index (Phi) is 5.01. The highest BCUT2D eigenvalue weighted by atomic mass is 16.1. The molecule has 0 amide bonds. The zero-order chi connectivity index (χ0) is 12.2. The summed E-state index contributed by atoms with van der Waals surface area (Å²) >= 11 is 0. The van der Waals surface area contributed by atoms with E-state index in [4.69, 9.17) is 0 Å². The third-order valence-corrected chi connectivity index (χ3v) is 4.95. The third-order valence-electron chi connectivity index (χ3n) is 4.95. The van der Waals surface area contributed by atoms with Crippen molar-refractivity contribution in [1.82, 2.24) is 0 Å². The van der Waals surface area contributed by atoms with Crippen molar-refractivity contribution in [3.05, 3.63) is 0 Å². The van der Waals surface area contributed by atoms with Crippen molar-refractivity contribution in [3.63, 3.8) is 0 Å². The number of ketones is 1. The lowest BCUT2D eigenvalue weighted by molar-refractivity contribution is -0.125. The Morgan fingerprint density at radius 2 is 2.06 bits per heavy atom. The van der Waals surface area contributed by atoms with Crippen LogP contribution in [-0.4, -0.2) is 5.78 Å². The SMILES string of the molecule is CCC(C)(CCC1CCCCC1=O)C(C)C. The number of rotatable bonds is 5. The van der Waals surface area contributed by atoms with E-state index in [0.29, 0.717) is 17.1 Å². The first-order valence-electron chi connectivity index (χ1n) is 7.02. The number of carbonyl (C=O) groups is 1. The average Bonchev–Trinajstić information content (AvgIpc) is 2.27. The molecule has 0 heterocycles. The first-order chi connectivity index (χ1) is 7.49. The molecule has 1 aliphatic carbocycles. The topological polar surface area (TPSA) is 17.1 Å². The van der Waals surface area contributed by atoms with Gasteiger partial charge in [-0.2, -0.15) is 0 Å². The van der Waals surface area contributed by atoms with Gasteiger partial charge in [-0.3, -0.25) is 4.79 Å². The molecular formula is C15H28O. The zero-order valence-corrected chi connectivity index (χ0v) is 11.5. The minimum absolute atomic E-state index is 0.387. The van der Waals surface area contributed by atoms with Crippen LogP contribution in [0.4, 0.5) is 0 Å². The summed E-state index contributed by atoms with van der Waals surface area (Å²) in [6, 6.07) is 0. The molecule has 94 valence electrons. The number of carbonyl (C=O) groups excluding carboxylic acids is 1. The molecule has 1 heteroatoms. The van der Waals surface area contributed by atoms with Crippen LogP contribution in [0.3, 0.4) is 0 Å². The molecule has 1 saturated carbocycles. The van der Waals surface area contributed by atoms with Gasteiger partial charge in [-0.05, 0) is 37.0 Å². The normalized spacial score (nSPS) is 25.8. The van der Waals surface area contributed by atoms with Gasteiger partial charge in [-0.25, -0.2) is 0 Å². The molecule has 0 radical (unpaired) electrons. The van der Waals surface area contributed by atoms with E-state index < -0.39 is 0 Å². The van der Waals surface area contributed by atoms with Gasteiger partial charge in [0.15, 0.2) is 0 Å². The molecule has 2 atom stereocenters. The summed E-state index contributed by atoms with van der Waals surface area (Å²) in [4.78, 5) is 11.8. The maximum absolute atomic E-state index is 11.8. The van der Waals surface area contributed by atoms with E-state index in [1.807, 2.05) is 0 Å². The second-order valence-electron chi connectivity index (χ2n) is 6.11. The van der Waals surface area contributed by atoms with E-state index in [9.17, 15) is 4.79 Å². The summed E-state index contributed by atoms with van der Waals surface area (Å²) in [5, 5.41) is 0. The van der Waals surface area contributed by atoms with Crippen LogP contribution in [-0.2, 0) is 4.79 Å². The van der Waals surface area contributed by atoms with Crippen molar-refractivity contribution < 1.29 is 4.79 Å². The highest BCUT2D eigenvalue weighted by Gasteiger charge is 2.29. The molecule has 0 saturated heterocycles. The van der Waals surface area contributed by atoms with Crippen LogP contribution >= 0.6 is 0 Å². The first-order valence-corrected chi connectivity index (χ1v) is 7.02. The minimum atomic E-state index is 0.387. The average molecular weight is 224 g/mol. The molecular weight excluding hydrogens is 196 g/mol. The number of hydrogen-bond donors (Lipinski definition) is 0. The molecule has 16 heavy (non-hydrogen) atoms. The summed E-state index contributed by atoms with van der Waals surface area (Å²) in [5.74, 6) is 1.64. The van der Waals surface area contributed by atoms with E-state index in [2.05, 4.69) is 27.7 Å². The van der Waals surface area contributed by atoms with Crippen molar-refractivity contribution in [2.24, 2.45) is 17.3 Å². The number of Topliss-reactive ketones (excluding diaryl/α,β-unsaturated/α-hetero) is 1. The minimum Gasteiger partial charge on any atom is -0.299 e. The van der Waals surface area contributed by atoms with E-state index in [0.717, 1.165) is 31.6 Å². The molecule has 0 N–H and O–H groups in total. The van der Waals surface area contributed by atoms with Gasteiger partial charge in [0.25, 0.3) is 0 Å². The third kappa shape index (κ3) is 3.33. The Balaban J connectivity index is 2.45. The van der Waals surface area contributed by atoms with Gasteiger partial charge in [-0.15, -0.1) is 0 Å². The molecule has 0 bridgehead atoms. The maximum atomic E-state index is 11.8. The van der Waals surface area contributed by atoms with Gasteiger partial charge in [0.05, 0.1) is 0 Å². The van der Waals surface area contributed by atoms with Crippen LogP contribution in [0.15, 0.2) is 0 Å². The number of hydrogen-bond acceptors (Lipinski definition) is 1. The fourth-order valence-corrected chi connectivity index (χ4v) is 2.74. The predicted octanol–water partition coefficient (Wildman–Crippen LogP) is 4.60. The highest BCUT2D eigenvalue weighted by Crippen LogP contribution is 2.38. The standard InChI is InChI=1S/C15H28O/c1-5-15(4,12(2)3)11-10-13-8-6-7-9-14(13)16/h12-13H,5-11H2,1-4H3. The smallest absolute Gasteiger partial charge is 0.135 e. The van der Waals surface area contributed by atoms with Crippen molar-refractivity contribution in [1.29, 1.82) is 0 Å². The van der Waals surface area contributed by atoms with Crippen LogP contribution in [0.25, 0.3) is 0 Å². The van der Waals surface area contributed by atoms with Crippen LogP contribution in [0.1, 0.15) is 72.6 Å². The van der Waals surface area contributed by atoms with Crippen molar-refractivity contribution >= 4 is 5.78 Å². The Morgan fingerprint density at radius 3 is 2.56 bits per heavy atom. The summed E-state index contributed by atoms with van der Waals surface area (Å²) in [7, 11) is 0. The van der Waals surface area contributed by atoms with Gasteiger partial charge in [0, 0.05) is 12.3 Å². The lowest BCUT2D eigenvalue weighted by Crippen LogP contribution is -2.26. The second-order valence-corrected chi connectivity index (χ2v) is 6.11. The Morgan fingerprint density at radius 1 is 1.38 bits per heavy atom. The van der Waals surface area contributed by atoms with E-state index in [-0.39, 0.29) is 0 Å². The molecule has 0 aromatic heterocycles. The Bertz CT molecular complexity index is 232. The Labute approximate surface area is 101 Å². The van der Waals surface area contributed by atoms with Gasteiger partial charge < -0.3 is 0 Å². The summed E-state index contributed by atoms with van der Waals surface area (Å²) in [6.45, 7) is 9.28. The quantitative estimate of drug-likeness (QED) is 0.667. The van der Waals surface area contributed by atoms with Crippen molar-refractivity contribution in [2.75, 3.05) is 0 Å². The highest BCUT2D eigenvalue weighted by molar-refractivity contribution is 5.81. The fraction of sp³-hybridized carbons (Fsp3) is 0.933. The Hall–Kier alpha value is -0.330. The molecule has 0 spiro atoms. The lowest BCUT2D eigenvalue weighted by atomic mass is 9.71. The molecule has 0 aromatic rings. The van der Waals surface area contributed by atoms with Gasteiger partial charge in [-0.1, -0.05) is 40.5 Å². The van der Waals surface area contributed by atoms with E-state index in [1.165, 1.54) is 19.3 Å². The molecule has 1 nitrogen and oxygen atoms in total. The molecule has 1 fully saturated rings. The van der Waals surface area contributed by atoms with Crippen LogP contribution in [0.5, 0.6) is 0 Å². The van der Waals surface area contributed by atoms with E-state index in [1.54, 1.807) is 0 Å².